The summed E-state index contributed by atoms with van der Waals surface area (Å²) < 4.78 is 0. The number of fused-ring (bicyclic) bond motifs is 6. The van der Waals surface area contributed by atoms with Gasteiger partial charge in [0, 0.05) is 34.0 Å². The molecule has 1 N–H and O–H groups in total. The van der Waals surface area contributed by atoms with Crippen molar-refractivity contribution in [1.82, 2.24) is 15.0 Å². The monoisotopic (exact) mass is 772 g/mol. The number of allylic oxidation sites excluding steroid dienone is 5. The van der Waals surface area contributed by atoms with E-state index in [4.69, 9.17) is 15.0 Å². The molecule has 11 rings (SSSR count). The first-order valence-electron chi connectivity index (χ1n) is 21.1. The minimum absolute atomic E-state index is 0.436. The number of nitrogens with one attached hydrogen (secondary N) is 1. The van der Waals surface area contributed by atoms with Crippen LogP contribution in [0.4, 0.5) is 5.69 Å². The van der Waals surface area contributed by atoms with Crippen molar-refractivity contribution in [2.75, 3.05) is 5.32 Å². The van der Waals surface area contributed by atoms with Gasteiger partial charge < -0.3 is 5.32 Å². The lowest BCUT2D eigenvalue weighted by atomic mass is 9.93. The van der Waals surface area contributed by atoms with Crippen LogP contribution < -0.4 is 15.8 Å². The van der Waals surface area contributed by atoms with E-state index in [1.54, 1.807) is 5.57 Å². The Balaban J connectivity index is 1.01. The first-order valence-corrected chi connectivity index (χ1v) is 21.1. The number of hydrogen-bond donors (Lipinski definition) is 1. The van der Waals surface area contributed by atoms with Crippen molar-refractivity contribution in [1.29, 1.82) is 0 Å². The summed E-state index contributed by atoms with van der Waals surface area (Å²) in [5, 5.41) is 10.8. The number of aromatic nitrogens is 3. The Kier molecular flexibility index (Phi) is 8.74. The Hall–Kier alpha value is -7.17. The fourth-order valence-corrected chi connectivity index (χ4v) is 9.99. The zero-order chi connectivity index (χ0) is 40.3. The predicted octanol–water partition coefficient (Wildman–Crippen LogP) is 12.1. The molecule has 1 aromatic heterocycles. The highest BCUT2D eigenvalue weighted by Crippen LogP contribution is 2.48. The number of benzene rings is 7. The zero-order valence-electron chi connectivity index (χ0n) is 33.9. The van der Waals surface area contributed by atoms with E-state index in [2.05, 4.69) is 177 Å². The van der Waals surface area contributed by atoms with Crippen LogP contribution in [0.25, 0.3) is 79.0 Å². The molecule has 4 nitrogen and oxygen atoms in total. The Morgan fingerprint density at radius 1 is 0.650 bits per heavy atom. The third-order valence-corrected chi connectivity index (χ3v) is 12.8. The molecule has 3 atom stereocenters. The quantitative estimate of drug-likeness (QED) is 0.175. The lowest BCUT2D eigenvalue weighted by molar-refractivity contribution is 0.583. The molecule has 0 amide bonds. The normalized spacial score (nSPS) is 18.3. The van der Waals surface area contributed by atoms with Crippen LogP contribution in [0.2, 0.25) is 0 Å². The molecular formula is C56H44N4. The number of hydrogen-bond acceptors (Lipinski definition) is 4. The summed E-state index contributed by atoms with van der Waals surface area (Å²) in [7, 11) is 0. The van der Waals surface area contributed by atoms with Gasteiger partial charge in [-0.05, 0) is 115 Å². The summed E-state index contributed by atoms with van der Waals surface area (Å²) in [6.45, 7) is 9.21. The van der Waals surface area contributed by atoms with Crippen LogP contribution in [0, 0.1) is 17.8 Å². The molecule has 8 aromatic rings. The van der Waals surface area contributed by atoms with Gasteiger partial charge in [0.25, 0.3) is 0 Å². The molecule has 0 aliphatic heterocycles. The third kappa shape index (κ3) is 6.36. The van der Waals surface area contributed by atoms with E-state index in [1.807, 2.05) is 18.2 Å². The molecule has 7 aromatic carbocycles. The summed E-state index contributed by atoms with van der Waals surface area (Å²) in [4.78, 5) is 15.6. The molecular weight excluding hydrogens is 729 g/mol. The lowest BCUT2D eigenvalue weighted by Gasteiger charge is -2.15. The molecule has 0 spiro atoms. The topological polar surface area (TPSA) is 50.7 Å². The van der Waals surface area contributed by atoms with Crippen LogP contribution in [0.1, 0.15) is 31.4 Å². The molecule has 1 heterocycles. The van der Waals surface area contributed by atoms with Crippen molar-refractivity contribution >= 4 is 39.4 Å². The highest BCUT2D eigenvalue weighted by atomic mass is 15.0. The van der Waals surface area contributed by atoms with Crippen molar-refractivity contribution in [3.8, 4) is 45.3 Å². The lowest BCUT2D eigenvalue weighted by Crippen LogP contribution is -2.25. The number of rotatable bonds is 7. The van der Waals surface area contributed by atoms with Gasteiger partial charge in [0.15, 0.2) is 17.5 Å². The number of nitrogens with zero attached hydrogens (tertiary/aromatic N) is 3. The second-order valence-electron chi connectivity index (χ2n) is 16.7. The van der Waals surface area contributed by atoms with E-state index in [9.17, 15) is 0 Å². The largest absolute Gasteiger partial charge is 0.356 e. The maximum absolute atomic E-state index is 5.28. The van der Waals surface area contributed by atoms with Gasteiger partial charge >= 0.3 is 0 Å². The standard InChI is InChI=1S/C56H44N4/c1-34-21-26-48-45(27-35(2)52(34)48)30-41-18-10-9-16-39(41)28-36(3)57-46-25-24-43-31-50-47-20-12-11-19-42(47)32-51(53(50)49(43)33-46)56-59-54(38-14-5-4-6-15-38)58-55(60-56)44-23-22-37-13-7-8-17-40(37)29-44/h4-26,28-30,32-35,45,57H,3,27,31H2,1-2H3/b39-28-,41-30?/t34-,35?,45?/m0/s1. The van der Waals surface area contributed by atoms with Gasteiger partial charge in [0.05, 0.1) is 0 Å². The molecule has 3 aliphatic carbocycles. The summed E-state index contributed by atoms with van der Waals surface area (Å²) in [5.41, 5.74) is 12.8. The highest BCUT2D eigenvalue weighted by Gasteiger charge is 2.33. The average Bonchev–Trinajstić information content (AvgIpc) is 3.96. The molecule has 0 bridgehead atoms. The summed E-state index contributed by atoms with van der Waals surface area (Å²) in [5.74, 6) is 3.56. The van der Waals surface area contributed by atoms with Crippen LogP contribution in [0.15, 0.2) is 181 Å². The van der Waals surface area contributed by atoms with E-state index in [0.717, 1.165) is 39.9 Å². The summed E-state index contributed by atoms with van der Waals surface area (Å²) in [6, 6.07) is 51.4. The maximum atomic E-state index is 5.28. The summed E-state index contributed by atoms with van der Waals surface area (Å²) >= 11 is 0. The van der Waals surface area contributed by atoms with Crippen molar-refractivity contribution in [2.24, 2.45) is 17.8 Å². The van der Waals surface area contributed by atoms with Crippen molar-refractivity contribution in [3.63, 3.8) is 0 Å². The molecule has 2 unspecified atom stereocenters. The molecule has 0 saturated heterocycles. The smallest absolute Gasteiger partial charge is 0.164 e. The first-order chi connectivity index (χ1) is 29.4. The zero-order valence-corrected chi connectivity index (χ0v) is 33.9. The van der Waals surface area contributed by atoms with Gasteiger partial charge in [-0.2, -0.15) is 0 Å². The molecule has 288 valence electrons. The van der Waals surface area contributed by atoms with E-state index in [0.29, 0.717) is 35.2 Å². The average molecular weight is 773 g/mol. The fraction of sp³-hybridized carbons (Fsp3) is 0.125. The van der Waals surface area contributed by atoms with Gasteiger partial charge in [-0.25, -0.2) is 15.0 Å². The van der Waals surface area contributed by atoms with Gasteiger partial charge in [0.2, 0.25) is 0 Å². The second-order valence-corrected chi connectivity index (χ2v) is 16.7. The van der Waals surface area contributed by atoms with E-state index < -0.39 is 0 Å². The van der Waals surface area contributed by atoms with E-state index in [-0.39, 0.29) is 0 Å². The first kappa shape index (κ1) is 36.0. The second kappa shape index (κ2) is 14.6. The van der Waals surface area contributed by atoms with Crippen LogP contribution >= 0.6 is 0 Å². The predicted molar refractivity (Wildman–Crippen MR) is 249 cm³/mol. The Labute approximate surface area is 350 Å². The third-order valence-electron chi connectivity index (χ3n) is 12.8. The Morgan fingerprint density at radius 2 is 1.37 bits per heavy atom. The van der Waals surface area contributed by atoms with E-state index in [1.165, 1.54) is 60.8 Å². The summed E-state index contributed by atoms with van der Waals surface area (Å²) in [6.07, 6.45) is 11.4. The van der Waals surface area contributed by atoms with Crippen LogP contribution in [0.5, 0.6) is 0 Å². The van der Waals surface area contributed by atoms with Gasteiger partial charge in [0.1, 0.15) is 0 Å². The van der Waals surface area contributed by atoms with Gasteiger partial charge in [-0.15, -0.1) is 0 Å². The molecule has 0 radical (unpaired) electrons. The fourth-order valence-electron chi connectivity index (χ4n) is 9.99. The number of anilines is 1. The highest BCUT2D eigenvalue weighted by molar-refractivity contribution is 6.03. The minimum Gasteiger partial charge on any atom is -0.356 e. The maximum Gasteiger partial charge on any atom is 0.164 e. The SMILES string of the molecule is C=C(/C=c1/ccccc1=CC1CC(C)C2=C1C=C[C@@H]2C)Nc1ccc2c(c1)-c1c(-c3nc(-c4ccccc4)nc(-c4ccc5ccccc5c4)n3)cc3ccccc3c1C2. The molecule has 3 aliphatic rings. The van der Waals surface area contributed by atoms with Gasteiger partial charge in [-0.1, -0.05) is 166 Å². The molecule has 4 heteroatoms. The molecule has 0 saturated carbocycles. The van der Waals surface area contributed by atoms with E-state index >= 15 is 0 Å². The van der Waals surface area contributed by atoms with Crippen molar-refractivity contribution in [2.45, 2.75) is 26.7 Å². The Bertz CT molecular complexity index is 3250. The van der Waals surface area contributed by atoms with Crippen LogP contribution in [-0.4, -0.2) is 15.0 Å². The Morgan fingerprint density at radius 3 is 2.22 bits per heavy atom. The van der Waals surface area contributed by atoms with Crippen molar-refractivity contribution in [3.05, 3.63) is 203 Å². The minimum atomic E-state index is 0.436. The van der Waals surface area contributed by atoms with Gasteiger partial charge in [-0.3, -0.25) is 0 Å². The van der Waals surface area contributed by atoms with Crippen LogP contribution in [-0.2, 0) is 6.42 Å². The van der Waals surface area contributed by atoms with Crippen LogP contribution in [0.3, 0.4) is 0 Å². The van der Waals surface area contributed by atoms with Crippen molar-refractivity contribution < 1.29 is 0 Å². The molecule has 0 fully saturated rings. The molecule has 60 heavy (non-hydrogen) atoms.